The minimum Gasteiger partial charge on any atom is -0.465 e. The number of hydrogen-bond acceptors (Lipinski definition) is 4. The van der Waals surface area contributed by atoms with E-state index in [9.17, 15) is 15.0 Å². The number of fused-ring (bicyclic) bond motifs is 1. The Labute approximate surface area is 184 Å². The first-order chi connectivity index (χ1) is 14.9. The predicted octanol–water partition coefficient (Wildman–Crippen LogP) is 3.82. The number of aliphatic hydroxyl groups is 1. The quantitative estimate of drug-likeness (QED) is 0.435. The highest BCUT2D eigenvalue weighted by Crippen LogP contribution is 2.43. The van der Waals surface area contributed by atoms with Crippen molar-refractivity contribution in [2.24, 2.45) is 0 Å². The Bertz CT molecular complexity index is 900. The molecule has 0 aromatic heterocycles. The Morgan fingerprint density at radius 1 is 1.29 bits per heavy atom. The molecule has 0 saturated heterocycles. The largest absolute Gasteiger partial charge is 0.465 e. The topological polar surface area (TPSA) is 90.8 Å². The van der Waals surface area contributed by atoms with Gasteiger partial charge in [0.2, 0.25) is 0 Å². The zero-order valence-corrected chi connectivity index (χ0v) is 18.2. The molecule has 1 amide bonds. The first-order valence-corrected chi connectivity index (χ1v) is 10.7. The van der Waals surface area contributed by atoms with E-state index in [0.717, 1.165) is 12.0 Å². The number of rotatable bonds is 10. The Kier molecular flexibility index (Phi) is 7.85. The molecule has 2 aromatic carbocycles. The van der Waals surface area contributed by atoms with Crippen molar-refractivity contribution in [2.75, 3.05) is 13.2 Å². The summed E-state index contributed by atoms with van der Waals surface area (Å²) in [4.78, 5) is 11.3. The molecule has 0 aliphatic heterocycles. The van der Waals surface area contributed by atoms with Gasteiger partial charge in [-0.2, -0.15) is 0 Å². The number of amides is 1. The van der Waals surface area contributed by atoms with Crippen molar-refractivity contribution in [2.45, 2.75) is 51.0 Å². The summed E-state index contributed by atoms with van der Waals surface area (Å²) in [5, 5.41) is 26.0. The summed E-state index contributed by atoms with van der Waals surface area (Å²) < 4.78 is 6.00. The van der Waals surface area contributed by atoms with Crippen LogP contribution >= 0.6 is 0 Å². The van der Waals surface area contributed by atoms with Crippen molar-refractivity contribution in [3.8, 4) is 0 Å². The number of carbonyl (C=O) groups is 1. The molecule has 6 nitrogen and oxygen atoms in total. The van der Waals surface area contributed by atoms with Crippen LogP contribution in [0.1, 0.15) is 46.4 Å². The second kappa shape index (κ2) is 10.6. The van der Waals surface area contributed by atoms with Gasteiger partial charge in [0.15, 0.2) is 0 Å². The number of nitrogens with one attached hydrogen (secondary N) is 2. The van der Waals surface area contributed by atoms with Crippen molar-refractivity contribution >= 4 is 6.09 Å². The van der Waals surface area contributed by atoms with Gasteiger partial charge in [0, 0.05) is 12.6 Å². The normalized spacial score (nSPS) is 19.5. The summed E-state index contributed by atoms with van der Waals surface area (Å²) in [5.74, 6) is 0. The standard InChI is InChI=1S/C25H32N2O4/c1-4-10-31-23-14-20(19-12-16(2)11-17(3)24(19)23)26-15-22(28)21(27-25(29)30)13-18-8-6-5-7-9-18/h4-9,11-12,20-23,26-28H,1,10,13-15H2,2-3H3,(H,29,30)/t20-,21-,22-,23+/m0/s1. The molecule has 4 atom stereocenters. The van der Waals surface area contributed by atoms with E-state index in [1.54, 1.807) is 6.08 Å². The van der Waals surface area contributed by atoms with Crippen LogP contribution in [0.5, 0.6) is 0 Å². The number of carboxylic acid groups (broad SMARTS) is 1. The molecular formula is C25H32N2O4. The lowest BCUT2D eigenvalue weighted by Crippen LogP contribution is -2.48. The van der Waals surface area contributed by atoms with Crippen LogP contribution in [0.3, 0.4) is 0 Å². The van der Waals surface area contributed by atoms with Crippen LogP contribution in [0, 0.1) is 13.8 Å². The molecule has 0 saturated carbocycles. The minimum absolute atomic E-state index is 0.0273. The Hall–Kier alpha value is -2.67. The molecule has 0 heterocycles. The van der Waals surface area contributed by atoms with E-state index < -0.39 is 18.2 Å². The fraction of sp³-hybridized carbons (Fsp3) is 0.400. The highest BCUT2D eigenvalue weighted by Gasteiger charge is 2.33. The maximum absolute atomic E-state index is 11.3. The van der Waals surface area contributed by atoms with E-state index in [2.05, 4.69) is 43.2 Å². The predicted molar refractivity (Wildman–Crippen MR) is 121 cm³/mol. The second-order valence-electron chi connectivity index (χ2n) is 8.20. The average molecular weight is 425 g/mol. The molecule has 0 bridgehead atoms. The Balaban J connectivity index is 1.71. The molecule has 1 aliphatic rings. The van der Waals surface area contributed by atoms with E-state index in [1.165, 1.54) is 22.3 Å². The first kappa shape index (κ1) is 23.0. The van der Waals surface area contributed by atoms with Crippen LogP contribution < -0.4 is 10.6 Å². The lowest BCUT2D eigenvalue weighted by atomic mass is 9.98. The summed E-state index contributed by atoms with van der Waals surface area (Å²) in [6.45, 7) is 8.66. The molecule has 31 heavy (non-hydrogen) atoms. The van der Waals surface area contributed by atoms with E-state index in [4.69, 9.17) is 4.74 Å². The SMILES string of the molecule is C=CCO[C@@H]1C[C@H](NC[C@H](O)[C@H](Cc2ccccc2)NC(=O)O)c2cc(C)cc(C)c21. The van der Waals surface area contributed by atoms with Gasteiger partial charge in [-0.3, -0.25) is 0 Å². The number of ether oxygens (including phenoxy) is 1. The molecular weight excluding hydrogens is 392 g/mol. The number of benzene rings is 2. The van der Waals surface area contributed by atoms with E-state index in [0.29, 0.717) is 13.0 Å². The smallest absolute Gasteiger partial charge is 0.404 e. The van der Waals surface area contributed by atoms with E-state index in [-0.39, 0.29) is 18.7 Å². The second-order valence-corrected chi connectivity index (χ2v) is 8.20. The maximum atomic E-state index is 11.3. The molecule has 0 spiro atoms. The molecule has 166 valence electrons. The minimum atomic E-state index is -1.14. The van der Waals surface area contributed by atoms with Crippen LogP contribution in [0.4, 0.5) is 4.79 Å². The molecule has 2 aromatic rings. The molecule has 4 N–H and O–H groups in total. The zero-order chi connectivity index (χ0) is 22.4. The highest BCUT2D eigenvalue weighted by molar-refractivity contribution is 5.65. The molecule has 3 rings (SSSR count). The molecule has 0 unspecified atom stereocenters. The Morgan fingerprint density at radius 2 is 2.03 bits per heavy atom. The van der Waals surface area contributed by atoms with Gasteiger partial charge in [-0.1, -0.05) is 54.1 Å². The van der Waals surface area contributed by atoms with Gasteiger partial charge in [-0.05, 0) is 48.9 Å². The Morgan fingerprint density at radius 3 is 2.71 bits per heavy atom. The van der Waals surface area contributed by atoms with Gasteiger partial charge < -0.3 is 25.6 Å². The van der Waals surface area contributed by atoms with Crippen molar-refractivity contribution in [3.63, 3.8) is 0 Å². The van der Waals surface area contributed by atoms with Gasteiger partial charge in [0.05, 0.1) is 24.9 Å². The van der Waals surface area contributed by atoms with Crippen LogP contribution in [0.15, 0.2) is 55.1 Å². The third kappa shape index (κ3) is 5.94. The van der Waals surface area contributed by atoms with Gasteiger partial charge in [-0.25, -0.2) is 4.79 Å². The molecule has 0 fully saturated rings. The number of hydrogen-bond donors (Lipinski definition) is 4. The van der Waals surface area contributed by atoms with Gasteiger partial charge in [-0.15, -0.1) is 6.58 Å². The molecule has 6 heteroatoms. The summed E-state index contributed by atoms with van der Waals surface area (Å²) >= 11 is 0. The third-order valence-corrected chi connectivity index (χ3v) is 5.77. The zero-order valence-electron chi connectivity index (χ0n) is 18.2. The van der Waals surface area contributed by atoms with E-state index in [1.807, 2.05) is 30.3 Å². The van der Waals surface area contributed by atoms with Crippen molar-refractivity contribution in [1.82, 2.24) is 10.6 Å². The van der Waals surface area contributed by atoms with Crippen molar-refractivity contribution in [1.29, 1.82) is 0 Å². The van der Waals surface area contributed by atoms with Crippen LogP contribution in [0.25, 0.3) is 0 Å². The number of aryl methyl sites for hydroxylation is 2. The van der Waals surface area contributed by atoms with Crippen LogP contribution in [-0.4, -0.2) is 41.6 Å². The third-order valence-electron chi connectivity index (χ3n) is 5.77. The van der Waals surface area contributed by atoms with Crippen molar-refractivity contribution in [3.05, 3.63) is 82.9 Å². The fourth-order valence-electron chi connectivity index (χ4n) is 4.44. The lowest BCUT2D eigenvalue weighted by Gasteiger charge is -2.25. The van der Waals surface area contributed by atoms with Gasteiger partial charge in [0.1, 0.15) is 0 Å². The van der Waals surface area contributed by atoms with E-state index >= 15 is 0 Å². The lowest BCUT2D eigenvalue weighted by molar-refractivity contribution is 0.0668. The van der Waals surface area contributed by atoms with Crippen LogP contribution in [-0.2, 0) is 11.2 Å². The van der Waals surface area contributed by atoms with Gasteiger partial charge >= 0.3 is 6.09 Å². The van der Waals surface area contributed by atoms with Crippen LogP contribution in [0.2, 0.25) is 0 Å². The molecule has 0 radical (unpaired) electrons. The van der Waals surface area contributed by atoms with Crippen molar-refractivity contribution < 1.29 is 19.7 Å². The summed E-state index contributed by atoms with van der Waals surface area (Å²) in [6.07, 6.45) is 0.880. The highest BCUT2D eigenvalue weighted by atomic mass is 16.5. The molecule has 1 aliphatic carbocycles. The fourth-order valence-corrected chi connectivity index (χ4v) is 4.44. The monoisotopic (exact) mass is 424 g/mol. The maximum Gasteiger partial charge on any atom is 0.404 e. The number of aliphatic hydroxyl groups excluding tert-OH is 1. The summed E-state index contributed by atoms with van der Waals surface area (Å²) in [7, 11) is 0. The summed E-state index contributed by atoms with van der Waals surface area (Å²) in [5.41, 5.74) is 5.73. The first-order valence-electron chi connectivity index (χ1n) is 10.7. The average Bonchev–Trinajstić information content (AvgIpc) is 3.08. The van der Waals surface area contributed by atoms with Gasteiger partial charge in [0.25, 0.3) is 0 Å². The summed E-state index contributed by atoms with van der Waals surface area (Å²) in [6, 6.07) is 13.3.